The fourth-order valence-corrected chi connectivity index (χ4v) is 2.82. The predicted octanol–water partition coefficient (Wildman–Crippen LogP) is 2.98. The van der Waals surface area contributed by atoms with Gasteiger partial charge < -0.3 is 14.0 Å². The van der Waals surface area contributed by atoms with Crippen LogP contribution in [-0.2, 0) is 14.3 Å². The van der Waals surface area contributed by atoms with Gasteiger partial charge in [0.1, 0.15) is 0 Å². The number of rotatable bonds is 12. The van der Waals surface area contributed by atoms with Crippen LogP contribution in [0.15, 0.2) is 15.5 Å². The Morgan fingerprint density at radius 2 is 2.04 bits per heavy atom. The van der Waals surface area contributed by atoms with Crippen molar-refractivity contribution in [1.29, 1.82) is 0 Å². The van der Waals surface area contributed by atoms with Crippen LogP contribution in [0.5, 0.6) is 0 Å². The maximum absolute atomic E-state index is 12.2. The highest BCUT2D eigenvalue weighted by molar-refractivity contribution is 8.03. The summed E-state index contributed by atoms with van der Waals surface area (Å²) < 4.78 is 14.7. The Labute approximate surface area is 151 Å². The van der Waals surface area contributed by atoms with Gasteiger partial charge in [-0.25, -0.2) is 4.79 Å². The summed E-state index contributed by atoms with van der Waals surface area (Å²) >= 11 is 1.31. The van der Waals surface area contributed by atoms with E-state index in [0.29, 0.717) is 23.4 Å². The van der Waals surface area contributed by atoms with Gasteiger partial charge >= 0.3 is 5.97 Å². The second-order valence-electron chi connectivity index (χ2n) is 5.11. The molecule has 0 aliphatic heterocycles. The van der Waals surface area contributed by atoms with Gasteiger partial charge in [0, 0.05) is 24.9 Å². The molecule has 0 radical (unpaired) electrons. The van der Waals surface area contributed by atoms with Crippen molar-refractivity contribution >= 4 is 29.8 Å². The summed E-state index contributed by atoms with van der Waals surface area (Å²) in [7, 11) is 1.22. The number of ether oxygens (including phenoxy) is 2. The smallest absolute Gasteiger partial charge is 0.360 e. The van der Waals surface area contributed by atoms with Gasteiger partial charge in [0.2, 0.25) is 11.5 Å². The molecule has 0 aromatic carbocycles. The van der Waals surface area contributed by atoms with Crippen LogP contribution >= 0.6 is 11.8 Å². The molecule has 0 unspecified atom stereocenters. The molecule has 0 bridgehead atoms. The highest BCUT2D eigenvalue weighted by Gasteiger charge is 2.23. The zero-order valence-corrected chi connectivity index (χ0v) is 15.5. The molecule has 0 N–H and O–H groups in total. The average molecular weight is 369 g/mol. The number of hydrogen-bond acceptors (Lipinski definition) is 8. The first-order chi connectivity index (χ1) is 12.0. The summed E-state index contributed by atoms with van der Waals surface area (Å²) in [5, 5.41) is 3.55. The molecule has 0 fully saturated rings. The van der Waals surface area contributed by atoms with Gasteiger partial charge in [-0.05, 0) is 32.4 Å². The Bertz CT molecular complexity index is 623. The summed E-state index contributed by atoms with van der Waals surface area (Å²) in [5.74, 6) is -0.531. The van der Waals surface area contributed by atoms with Crippen LogP contribution in [0.3, 0.4) is 0 Å². The van der Waals surface area contributed by atoms with Crippen LogP contribution in [0.4, 0.5) is 0 Å². The number of ketones is 1. The fourth-order valence-electron chi connectivity index (χ4n) is 1.97. The molecule has 7 nitrogen and oxygen atoms in total. The monoisotopic (exact) mass is 369 g/mol. The third-order valence-corrected chi connectivity index (χ3v) is 4.36. The number of aldehydes is 1. The Morgan fingerprint density at radius 1 is 1.28 bits per heavy atom. The SMILES string of the molecule is CCOCCCCCSC(C=O)=CC(=O)c1onc(C(=O)OC)c1C. The predicted molar refractivity (Wildman–Crippen MR) is 93.9 cm³/mol. The van der Waals surface area contributed by atoms with Gasteiger partial charge in [0.25, 0.3) is 0 Å². The quantitative estimate of drug-likeness (QED) is 0.182. The zero-order valence-electron chi connectivity index (χ0n) is 14.7. The normalized spacial score (nSPS) is 11.4. The first-order valence-corrected chi connectivity index (χ1v) is 9.00. The number of esters is 1. The van der Waals surface area contributed by atoms with E-state index in [2.05, 4.69) is 9.89 Å². The molecule has 0 aliphatic rings. The Kier molecular flexibility index (Phi) is 9.79. The largest absolute Gasteiger partial charge is 0.464 e. The number of methoxy groups -OCH3 is 1. The molecule has 1 aromatic heterocycles. The van der Waals surface area contributed by atoms with Crippen molar-refractivity contribution in [2.45, 2.75) is 33.1 Å². The lowest BCUT2D eigenvalue weighted by Crippen LogP contribution is -2.04. The number of allylic oxidation sites excluding steroid dienone is 2. The first-order valence-electron chi connectivity index (χ1n) is 8.01. The Morgan fingerprint density at radius 3 is 2.68 bits per heavy atom. The minimum atomic E-state index is -0.679. The third kappa shape index (κ3) is 6.83. The van der Waals surface area contributed by atoms with Crippen LogP contribution in [0.2, 0.25) is 0 Å². The van der Waals surface area contributed by atoms with Gasteiger partial charge in [-0.15, -0.1) is 11.8 Å². The van der Waals surface area contributed by atoms with Crippen LogP contribution in [0, 0.1) is 6.92 Å². The molecule has 0 atom stereocenters. The summed E-state index contributed by atoms with van der Waals surface area (Å²) in [6.45, 7) is 4.95. The Hall–Kier alpha value is -1.93. The molecular formula is C17H23NO6S. The number of aromatic nitrogens is 1. The van der Waals surface area contributed by atoms with Gasteiger partial charge in [0.05, 0.1) is 12.0 Å². The van der Waals surface area contributed by atoms with Crippen LogP contribution in [0.1, 0.15) is 52.8 Å². The van der Waals surface area contributed by atoms with E-state index < -0.39 is 11.8 Å². The molecule has 25 heavy (non-hydrogen) atoms. The van der Waals surface area contributed by atoms with E-state index >= 15 is 0 Å². The molecule has 1 rings (SSSR count). The first kappa shape index (κ1) is 21.1. The van der Waals surface area contributed by atoms with Gasteiger partial charge in [-0.1, -0.05) is 11.6 Å². The van der Waals surface area contributed by atoms with Crippen molar-refractivity contribution in [2.24, 2.45) is 0 Å². The summed E-state index contributed by atoms with van der Waals surface area (Å²) in [4.78, 5) is 35.1. The number of thioether (sulfide) groups is 1. The lowest BCUT2D eigenvalue weighted by molar-refractivity contribution is -0.104. The molecular weight excluding hydrogens is 346 g/mol. The number of carbonyl (C=O) groups is 3. The van der Waals surface area contributed by atoms with E-state index in [0.717, 1.165) is 31.6 Å². The van der Waals surface area contributed by atoms with E-state index in [1.807, 2.05) is 6.92 Å². The molecule has 0 amide bonds. The second-order valence-corrected chi connectivity index (χ2v) is 6.28. The van der Waals surface area contributed by atoms with Gasteiger partial charge in [0.15, 0.2) is 12.0 Å². The van der Waals surface area contributed by atoms with Gasteiger partial charge in [-0.3, -0.25) is 9.59 Å². The number of unbranched alkanes of at least 4 members (excludes halogenated alkanes) is 2. The van der Waals surface area contributed by atoms with Gasteiger partial charge in [-0.2, -0.15) is 0 Å². The number of nitrogens with zero attached hydrogens (tertiary/aromatic N) is 1. The lowest BCUT2D eigenvalue weighted by atomic mass is 10.1. The van der Waals surface area contributed by atoms with Crippen LogP contribution < -0.4 is 0 Å². The lowest BCUT2D eigenvalue weighted by Gasteiger charge is -2.02. The van der Waals surface area contributed by atoms with E-state index in [9.17, 15) is 14.4 Å². The number of carbonyl (C=O) groups excluding carboxylic acids is 3. The van der Waals surface area contributed by atoms with Crippen LogP contribution in [0.25, 0.3) is 0 Å². The second kappa shape index (κ2) is 11.6. The van der Waals surface area contributed by atoms with E-state index in [1.165, 1.54) is 31.9 Å². The molecule has 0 saturated heterocycles. The summed E-state index contributed by atoms with van der Waals surface area (Å²) in [5.41, 5.74) is 0.244. The molecule has 8 heteroatoms. The minimum absolute atomic E-state index is 0.0474. The maximum atomic E-state index is 12.2. The summed E-state index contributed by atoms with van der Waals surface area (Å²) in [6, 6.07) is 0. The molecule has 0 saturated carbocycles. The van der Waals surface area contributed by atoms with Crippen molar-refractivity contribution < 1.29 is 28.4 Å². The zero-order chi connectivity index (χ0) is 18.7. The highest BCUT2D eigenvalue weighted by atomic mass is 32.2. The van der Waals surface area contributed by atoms with Crippen molar-refractivity contribution in [3.05, 3.63) is 28.0 Å². The van der Waals surface area contributed by atoms with Crippen molar-refractivity contribution in [2.75, 3.05) is 26.1 Å². The summed E-state index contributed by atoms with van der Waals surface area (Å²) in [6.07, 6.45) is 4.73. The highest BCUT2D eigenvalue weighted by Crippen LogP contribution is 2.20. The van der Waals surface area contributed by atoms with Crippen LogP contribution in [-0.4, -0.2) is 49.3 Å². The minimum Gasteiger partial charge on any atom is -0.464 e. The molecule has 1 heterocycles. The van der Waals surface area contributed by atoms with E-state index in [-0.39, 0.29) is 11.5 Å². The van der Waals surface area contributed by atoms with Crippen molar-refractivity contribution in [3.8, 4) is 0 Å². The third-order valence-electron chi connectivity index (χ3n) is 3.32. The van der Waals surface area contributed by atoms with E-state index in [4.69, 9.17) is 9.26 Å². The Balaban J connectivity index is 2.57. The average Bonchev–Trinajstić information content (AvgIpc) is 3.00. The number of hydrogen-bond donors (Lipinski definition) is 0. The fraction of sp³-hybridized carbons (Fsp3) is 0.529. The molecule has 0 aliphatic carbocycles. The molecule has 0 spiro atoms. The maximum Gasteiger partial charge on any atom is 0.360 e. The topological polar surface area (TPSA) is 95.7 Å². The van der Waals surface area contributed by atoms with E-state index in [1.54, 1.807) is 0 Å². The molecule has 1 aromatic rings. The van der Waals surface area contributed by atoms with Crippen molar-refractivity contribution in [3.63, 3.8) is 0 Å². The standard InChI is InChI=1S/C17H23NO6S/c1-4-23-8-6-5-7-9-25-13(11-19)10-14(20)16-12(2)15(18-24-16)17(21)22-3/h10-11H,4-9H2,1-3H3. The van der Waals surface area contributed by atoms with Crippen molar-refractivity contribution in [1.82, 2.24) is 5.16 Å². The molecule has 138 valence electrons.